The average molecular weight is 250 g/mol. The third kappa shape index (κ3) is 2.82. The van der Waals surface area contributed by atoms with E-state index >= 15 is 0 Å². The SMILES string of the molecule is C/C(C#CC1(O)C(C)CC(=O)CC1(C)C)=C/CO. The van der Waals surface area contributed by atoms with Crippen LogP contribution in [0.25, 0.3) is 0 Å². The molecular weight excluding hydrogens is 228 g/mol. The first kappa shape index (κ1) is 14.9. The molecule has 0 aromatic heterocycles. The molecule has 18 heavy (non-hydrogen) atoms. The highest BCUT2D eigenvalue weighted by Gasteiger charge is 2.51. The number of Topliss-reactive ketones (excluding diaryl/α,β-unsaturated/α-hetero) is 1. The number of carbonyl (C=O) groups excluding carboxylic acids is 1. The zero-order valence-corrected chi connectivity index (χ0v) is 11.6. The van der Waals surface area contributed by atoms with Crippen molar-refractivity contribution in [3.8, 4) is 11.8 Å². The number of hydrogen-bond acceptors (Lipinski definition) is 3. The van der Waals surface area contributed by atoms with Crippen molar-refractivity contribution < 1.29 is 15.0 Å². The largest absolute Gasteiger partial charge is 0.392 e. The maximum absolute atomic E-state index is 11.6. The van der Waals surface area contributed by atoms with Crippen LogP contribution in [0.3, 0.4) is 0 Å². The minimum absolute atomic E-state index is 0.0592. The van der Waals surface area contributed by atoms with Gasteiger partial charge in [-0.2, -0.15) is 0 Å². The molecule has 0 radical (unpaired) electrons. The van der Waals surface area contributed by atoms with Crippen LogP contribution < -0.4 is 0 Å². The molecule has 0 aromatic carbocycles. The lowest BCUT2D eigenvalue weighted by atomic mass is 9.60. The van der Waals surface area contributed by atoms with Crippen molar-refractivity contribution in [1.82, 2.24) is 0 Å². The van der Waals surface area contributed by atoms with Crippen LogP contribution in [0.5, 0.6) is 0 Å². The number of allylic oxidation sites excluding steroid dienone is 1. The lowest BCUT2D eigenvalue weighted by Gasteiger charge is -2.46. The molecule has 2 atom stereocenters. The minimum Gasteiger partial charge on any atom is -0.392 e. The summed E-state index contributed by atoms with van der Waals surface area (Å²) in [7, 11) is 0. The molecule has 3 nitrogen and oxygen atoms in total. The number of hydrogen-bond donors (Lipinski definition) is 2. The Morgan fingerprint density at radius 3 is 2.67 bits per heavy atom. The van der Waals surface area contributed by atoms with Gasteiger partial charge < -0.3 is 10.2 Å². The molecule has 0 heterocycles. The predicted octanol–water partition coefficient (Wildman–Crippen LogP) is 1.68. The number of rotatable bonds is 1. The van der Waals surface area contributed by atoms with Crippen molar-refractivity contribution in [2.45, 2.75) is 46.1 Å². The summed E-state index contributed by atoms with van der Waals surface area (Å²) < 4.78 is 0. The van der Waals surface area contributed by atoms with E-state index in [4.69, 9.17) is 5.11 Å². The first-order valence-corrected chi connectivity index (χ1v) is 6.28. The van der Waals surface area contributed by atoms with E-state index in [-0.39, 0.29) is 18.3 Å². The Kier molecular flexibility index (Phi) is 4.37. The van der Waals surface area contributed by atoms with Gasteiger partial charge in [-0.05, 0) is 18.6 Å². The van der Waals surface area contributed by atoms with Gasteiger partial charge in [0.05, 0.1) is 6.61 Å². The standard InChI is InChI=1S/C15H22O3/c1-11(6-8-16)5-7-15(18)12(2)9-13(17)10-14(15,3)4/h6,12,16,18H,8-10H2,1-4H3/b11-6-. The maximum atomic E-state index is 11.6. The molecule has 0 spiro atoms. The highest BCUT2D eigenvalue weighted by atomic mass is 16.3. The van der Waals surface area contributed by atoms with Gasteiger partial charge in [-0.1, -0.05) is 32.6 Å². The smallest absolute Gasteiger partial charge is 0.134 e. The van der Waals surface area contributed by atoms with Crippen LogP contribution >= 0.6 is 0 Å². The van der Waals surface area contributed by atoms with Crippen LogP contribution in [-0.2, 0) is 4.79 Å². The number of carbonyl (C=O) groups is 1. The second kappa shape index (κ2) is 5.26. The molecule has 1 fully saturated rings. The Labute approximate surface area is 109 Å². The molecule has 1 saturated carbocycles. The Balaban J connectivity index is 3.09. The van der Waals surface area contributed by atoms with Gasteiger partial charge in [0.1, 0.15) is 11.4 Å². The van der Waals surface area contributed by atoms with Gasteiger partial charge in [-0.3, -0.25) is 4.79 Å². The molecule has 0 aliphatic heterocycles. The fraction of sp³-hybridized carbons (Fsp3) is 0.667. The van der Waals surface area contributed by atoms with Gasteiger partial charge >= 0.3 is 0 Å². The van der Waals surface area contributed by atoms with Gasteiger partial charge in [0.25, 0.3) is 0 Å². The zero-order chi connectivity index (χ0) is 14.0. The quantitative estimate of drug-likeness (QED) is 0.696. The van der Waals surface area contributed by atoms with Crippen LogP contribution in [0, 0.1) is 23.2 Å². The summed E-state index contributed by atoms with van der Waals surface area (Å²) >= 11 is 0. The average Bonchev–Trinajstić information content (AvgIpc) is 2.23. The molecule has 2 N–H and O–H groups in total. The zero-order valence-electron chi connectivity index (χ0n) is 11.6. The van der Waals surface area contributed by atoms with E-state index < -0.39 is 11.0 Å². The van der Waals surface area contributed by atoms with Gasteiger partial charge in [0, 0.05) is 24.2 Å². The molecule has 1 aliphatic carbocycles. The van der Waals surface area contributed by atoms with Crippen LogP contribution in [-0.4, -0.2) is 28.2 Å². The van der Waals surface area contributed by atoms with Crippen molar-refractivity contribution in [3.63, 3.8) is 0 Å². The summed E-state index contributed by atoms with van der Waals surface area (Å²) in [4.78, 5) is 11.6. The Morgan fingerprint density at radius 1 is 1.56 bits per heavy atom. The Bertz CT molecular complexity index is 423. The van der Waals surface area contributed by atoms with Gasteiger partial charge in [0.15, 0.2) is 0 Å². The van der Waals surface area contributed by atoms with Crippen LogP contribution in [0.2, 0.25) is 0 Å². The third-order valence-corrected chi connectivity index (χ3v) is 3.77. The summed E-state index contributed by atoms with van der Waals surface area (Å²) in [5.41, 5.74) is -0.981. The van der Waals surface area contributed by atoms with E-state index in [0.29, 0.717) is 12.8 Å². The highest BCUT2D eigenvalue weighted by molar-refractivity contribution is 5.81. The molecular formula is C15H22O3. The molecule has 0 aromatic rings. The summed E-state index contributed by atoms with van der Waals surface area (Å²) in [6.07, 6.45) is 2.32. The summed E-state index contributed by atoms with van der Waals surface area (Å²) in [6, 6.07) is 0. The number of aliphatic hydroxyl groups is 2. The van der Waals surface area contributed by atoms with E-state index in [1.807, 2.05) is 20.8 Å². The molecule has 1 aliphatic rings. The normalized spacial score (nSPS) is 31.8. The molecule has 0 bridgehead atoms. The van der Waals surface area contributed by atoms with Crippen molar-refractivity contribution in [2.75, 3.05) is 6.61 Å². The van der Waals surface area contributed by atoms with Crippen LogP contribution in [0.15, 0.2) is 11.6 Å². The number of aliphatic hydroxyl groups excluding tert-OH is 1. The Hall–Kier alpha value is -1.11. The van der Waals surface area contributed by atoms with E-state index in [1.165, 1.54) is 0 Å². The molecule has 100 valence electrons. The van der Waals surface area contributed by atoms with Crippen LogP contribution in [0.1, 0.15) is 40.5 Å². The van der Waals surface area contributed by atoms with Crippen molar-refractivity contribution >= 4 is 5.78 Å². The van der Waals surface area contributed by atoms with E-state index in [9.17, 15) is 9.90 Å². The summed E-state index contributed by atoms with van der Waals surface area (Å²) in [5.74, 6) is 5.81. The van der Waals surface area contributed by atoms with Gasteiger partial charge in [-0.25, -0.2) is 0 Å². The molecule has 0 amide bonds. The fourth-order valence-electron chi connectivity index (χ4n) is 2.53. The second-order valence-corrected chi connectivity index (χ2v) is 5.79. The molecule has 0 saturated heterocycles. The monoisotopic (exact) mass is 250 g/mol. The van der Waals surface area contributed by atoms with Crippen LogP contribution in [0.4, 0.5) is 0 Å². The third-order valence-electron chi connectivity index (χ3n) is 3.77. The van der Waals surface area contributed by atoms with Crippen molar-refractivity contribution in [2.24, 2.45) is 11.3 Å². The minimum atomic E-state index is -1.16. The Morgan fingerprint density at radius 2 is 2.17 bits per heavy atom. The van der Waals surface area contributed by atoms with E-state index in [1.54, 1.807) is 13.0 Å². The maximum Gasteiger partial charge on any atom is 0.134 e. The summed E-state index contributed by atoms with van der Waals surface area (Å²) in [6.45, 7) is 7.34. The van der Waals surface area contributed by atoms with E-state index in [2.05, 4.69) is 11.8 Å². The van der Waals surface area contributed by atoms with E-state index in [0.717, 1.165) is 5.57 Å². The lowest BCUT2D eigenvalue weighted by Crippen LogP contribution is -2.53. The lowest BCUT2D eigenvalue weighted by molar-refractivity contribution is -0.140. The topological polar surface area (TPSA) is 57.5 Å². The predicted molar refractivity (Wildman–Crippen MR) is 70.8 cm³/mol. The molecule has 2 unspecified atom stereocenters. The fourth-order valence-corrected chi connectivity index (χ4v) is 2.53. The second-order valence-electron chi connectivity index (χ2n) is 5.79. The number of ketones is 1. The summed E-state index contributed by atoms with van der Waals surface area (Å²) in [5, 5.41) is 19.6. The molecule has 3 heteroatoms. The first-order valence-electron chi connectivity index (χ1n) is 6.28. The molecule has 1 rings (SSSR count). The van der Waals surface area contributed by atoms with Gasteiger partial charge in [-0.15, -0.1) is 0 Å². The first-order chi connectivity index (χ1) is 8.23. The highest BCUT2D eigenvalue weighted by Crippen LogP contribution is 2.45. The van der Waals surface area contributed by atoms with Crippen molar-refractivity contribution in [3.05, 3.63) is 11.6 Å². The van der Waals surface area contributed by atoms with Crippen molar-refractivity contribution in [1.29, 1.82) is 0 Å². The van der Waals surface area contributed by atoms with Gasteiger partial charge in [0.2, 0.25) is 0 Å².